The van der Waals surface area contributed by atoms with Gasteiger partial charge in [-0.05, 0) is 51.9 Å². The van der Waals surface area contributed by atoms with Crippen LogP contribution in [0.5, 0.6) is 0 Å². The lowest BCUT2D eigenvalue weighted by Crippen LogP contribution is -2.52. The van der Waals surface area contributed by atoms with Gasteiger partial charge in [0.2, 0.25) is 5.91 Å². The van der Waals surface area contributed by atoms with Crippen molar-refractivity contribution in [3.63, 3.8) is 0 Å². The molecule has 0 bridgehead atoms. The number of nitrogens with zero attached hydrogens (tertiary/aromatic N) is 2. The quantitative estimate of drug-likeness (QED) is 0.793. The summed E-state index contributed by atoms with van der Waals surface area (Å²) in [6.07, 6.45) is 6.06. The van der Waals surface area contributed by atoms with Crippen molar-refractivity contribution in [1.82, 2.24) is 15.1 Å². The minimum atomic E-state index is -0.382. The number of hydrogen-bond acceptors (Lipinski definition) is 4. The first-order chi connectivity index (χ1) is 13.5. The third kappa shape index (κ3) is 5.09. The average molecular weight is 404 g/mol. The number of benzene rings is 1. The van der Waals surface area contributed by atoms with Gasteiger partial charge in [-0.1, -0.05) is 37.0 Å². The van der Waals surface area contributed by atoms with Crippen molar-refractivity contribution in [2.75, 3.05) is 32.9 Å². The molecule has 1 aromatic rings. The summed E-state index contributed by atoms with van der Waals surface area (Å²) in [7, 11) is 3.98. The van der Waals surface area contributed by atoms with E-state index in [4.69, 9.17) is 0 Å². The fourth-order valence-electron chi connectivity index (χ4n) is 4.14. The Hall–Kier alpha value is -1.53. The second-order valence-electron chi connectivity index (χ2n) is 8.31. The van der Waals surface area contributed by atoms with Gasteiger partial charge in [0, 0.05) is 24.4 Å². The second kappa shape index (κ2) is 9.79. The molecule has 1 heterocycles. The molecule has 1 aliphatic carbocycles. The van der Waals surface area contributed by atoms with Crippen LogP contribution in [0.4, 0.5) is 0 Å². The van der Waals surface area contributed by atoms with Crippen molar-refractivity contribution in [3.8, 4) is 0 Å². The zero-order chi connectivity index (χ0) is 20.1. The maximum atomic E-state index is 13.4. The fourth-order valence-corrected chi connectivity index (χ4v) is 5.77. The molecular formula is C22H33N3O2S. The molecule has 1 aromatic carbocycles. The van der Waals surface area contributed by atoms with E-state index in [2.05, 4.69) is 5.32 Å². The highest BCUT2D eigenvalue weighted by molar-refractivity contribution is 8.00. The molecule has 3 rings (SSSR count). The number of nitrogens with one attached hydrogen (secondary N) is 1. The van der Waals surface area contributed by atoms with Crippen molar-refractivity contribution in [3.05, 3.63) is 35.4 Å². The fraction of sp³-hybridized carbons (Fsp3) is 0.636. The zero-order valence-electron chi connectivity index (χ0n) is 17.3. The molecule has 2 aliphatic rings. The van der Waals surface area contributed by atoms with Crippen LogP contribution >= 0.6 is 11.8 Å². The summed E-state index contributed by atoms with van der Waals surface area (Å²) in [6.45, 7) is 3.42. The SMILES string of the molecule is Cc1ccc(C(=O)N2C(C(=O)NCCN(C)C)CSC2C2CCCCC2)cc1. The molecule has 2 atom stereocenters. The molecule has 1 N–H and O–H groups in total. The van der Waals surface area contributed by atoms with Crippen molar-refractivity contribution < 1.29 is 9.59 Å². The number of carbonyl (C=O) groups is 2. The topological polar surface area (TPSA) is 52.7 Å². The minimum Gasteiger partial charge on any atom is -0.353 e. The van der Waals surface area contributed by atoms with E-state index in [9.17, 15) is 9.59 Å². The van der Waals surface area contributed by atoms with Gasteiger partial charge in [0.05, 0.1) is 5.37 Å². The van der Waals surface area contributed by atoms with Crippen LogP contribution in [0.15, 0.2) is 24.3 Å². The van der Waals surface area contributed by atoms with E-state index < -0.39 is 0 Å². The number of aryl methyl sites for hydroxylation is 1. The first-order valence-electron chi connectivity index (χ1n) is 10.4. The smallest absolute Gasteiger partial charge is 0.255 e. The Morgan fingerprint density at radius 3 is 2.46 bits per heavy atom. The number of likely N-dealkylation sites (N-methyl/N-ethyl adjacent to an activating group) is 1. The second-order valence-corrected chi connectivity index (χ2v) is 9.46. The van der Waals surface area contributed by atoms with Crippen molar-refractivity contribution >= 4 is 23.6 Å². The van der Waals surface area contributed by atoms with Crippen LogP contribution < -0.4 is 5.32 Å². The molecule has 2 unspecified atom stereocenters. The lowest BCUT2D eigenvalue weighted by molar-refractivity contribution is -0.125. The van der Waals surface area contributed by atoms with Crippen LogP contribution in [0.1, 0.15) is 48.0 Å². The summed E-state index contributed by atoms with van der Waals surface area (Å²) < 4.78 is 0. The maximum absolute atomic E-state index is 13.4. The molecule has 5 nitrogen and oxygen atoms in total. The predicted molar refractivity (Wildman–Crippen MR) is 116 cm³/mol. The molecular weight excluding hydrogens is 370 g/mol. The molecule has 28 heavy (non-hydrogen) atoms. The van der Waals surface area contributed by atoms with Gasteiger partial charge in [-0.3, -0.25) is 9.59 Å². The summed E-state index contributed by atoms with van der Waals surface area (Å²) in [5.41, 5.74) is 1.81. The van der Waals surface area contributed by atoms with Gasteiger partial charge in [0.1, 0.15) is 6.04 Å². The Balaban J connectivity index is 1.78. The highest BCUT2D eigenvalue weighted by Gasteiger charge is 2.45. The molecule has 2 fully saturated rings. The summed E-state index contributed by atoms with van der Waals surface area (Å²) >= 11 is 1.79. The largest absolute Gasteiger partial charge is 0.353 e. The Labute approximate surface area is 173 Å². The predicted octanol–water partition coefficient (Wildman–Crippen LogP) is 3.14. The molecule has 6 heteroatoms. The third-order valence-corrected chi connectivity index (χ3v) is 7.24. The van der Waals surface area contributed by atoms with E-state index in [-0.39, 0.29) is 23.2 Å². The Morgan fingerprint density at radius 2 is 1.82 bits per heavy atom. The van der Waals surface area contributed by atoms with E-state index in [0.29, 0.717) is 23.8 Å². The molecule has 1 saturated heterocycles. The first kappa shape index (κ1) is 21.2. The van der Waals surface area contributed by atoms with Gasteiger partial charge in [-0.2, -0.15) is 0 Å². The summed E-state index contributed by atoms with van der Waals surface area (Å²) in [4.78, 5) is 30.3. The average Bonchev–Trinajstić information content (AvgIpc) is 3.13. The molecule has 0 aromatic heterocycles. The van der Waals surface area contributed by atoms with E-state index in [1.54, 1.807) is 11.8 Å². The van der Waals surface area contributed by atoms with Gasteiger partial charge < -0.3 is 15.1 Å². The van der Waals surface area contributed by atoms with Crippen molar-refractivity contribution in [1.29, 1.82) is 0 Å². The number of hydrogen-bond donors (Lipinski definition) is 1. The van der Waals surface area contributed by atoms with Gasteiger partial charge in [-0.15, -0.1) is 11.8 Å². The van der Waals surface area contributed by atoms with Gasteiger partial charge in [0.25, 0.3) is 5.91 Å². The van der Waals surface area contributed by atoms with Crippen LogP contribution in [-0.4, -0.2) is 66.0 Å². The lowest BCUT2D eigenvalue weighted by atomic mass is 9.88. The number of thioether (sulfide) groups is 1. The number of carbonyl (C=O) groups excluding carboxylic acids is 2. The third-order valence-electron chi connectivity index (χ3n) is 5.78. The molecule has 154 valence electrons. The number of amides is 2. The van der Waals surface area contributed by atoms with Gasteiger partial charge in [-0.25, -0.2) is 0 Å². The molecule has 0 spiro atoms. The van der Waals surface area contributed by atoms with Crippen LogP contribution in [0.2, 0.25) is 0 Å². The first-order valence-corrected chi connectivity index (χ1v) is 11.5. The van der Waals surface area contributed by atoms with Crippen LogP contribution in [0.3, 0.4) is 0 Å². The number of rotatable bonds is 6. The zero-order valence-corrected chi connectivity index (χ0v) is 18.1. The van der Waals surface area contributed by atoms with E-state index in [0.717, 1.165) is 24.9 Å². The Bertz CT molecular complexity index is 671. The molecule has 1 aliphatic heterocycles. The van der Waals surface area contributed by atoms with Crippen LogP contribution in [0, 0.1) is 12.8 Å². The maximum Gasteiger partial charge on any atom is 0.255 e. The molecule has 1 saturated carbocycles. The summed E-state index contributed by atoms with van der Waals surface area (Å²) in [5.74, 6) is 1.15. The molecule has 0 radical (unpaired) electrons. The monoisotopic (exact) mass is 403 g/mol. The Kier molecular flexibility index (Phi) is 7.41. The van der Waals surface area contributed by atoms with Crippen LogP contribution in [0.25, 0.3) is 0 Å². The normalized spacial score (nSPS) is 23.2. The Morgan fingerprint density at radius 1 is 1.14 bits per heavy atom. The highest BCUT2D eigenvalue weighted by atomic mass is 32.2. The molecule has 2 amide bonds. The van der Waals surface area contributed by atoms with Crippen LogP contribution in [-0.2, 0) is 4.79 Å². The summed E-state index contributed by atoms with van der Waals surface area (Å²) in [5, 5.41) is 3.15. The highest BCUT2D eigenvalue weighted by Crippen LogP contribution is 2.41. The van der Waals surface area contributed by atoms with Gasteiger partial charge in [0.15, 0.2) is 0 Å². The van der Waals surface area contributed by atoms with Crippen molar-refractivity contribution in [2.45, 2.75) is 50.4 Å². The lowest BCUT2D eigenvalue weighted by Gasteiger charge is -2.35. The van der Waals surface area contributed by atoms with Crippen molar-refractivity contribution in [2.24, 2.45) is 5.92 Å². The minimum absolute atomic E-state index is 0.00617. The van der Waals surface area contributed by atoms with Gasteiger partial charge >= 0.3 is 0 Å². The summed E-state index contributed by atoms with van der Waals surface area (Å²) in [6, 6.07) is 7.34. The van der Waals surface area contributed by atoms with E-state index in [1.165, 1.54) is 19.3 Å². The standard InChI is InChI=1S/C22H33N3O2S/c1-16-9-11-17(12-10-16)21(27)25-19(20(26)23-13-14-24(2)3)15-28-22(25)18-7-5-4-6-8-18/h9-12,18-19,22H,4-8,13-15H2,1-3H3,(H,23,26). The van der Waals surface area contributed by atoms with E-state index >= 15 is 0 Å². The van der Waals surface area contributed by atoms with E-state index in [1.807, 2.05) is 55.1 Å².